The summed E-state index contributed by atoms with van der Waals surface area (Å²) in [5.74, 6) is 0.748. The molecule has 1 unspecified atom stereocenters. The van der Waals surface area contributed by atoms with Gasteiger partial charge in [0.25, 0.3) is 0 Å². The number of rotatable bonds is 2. The van der Waals surface area contributed by atoms with E-state index in [-0.39, 0.29) is 11.8 Å². The zero-order chi connectivity index (χ0) is 10.1. The van der Waals surface area contributed by atoms with Crippen molar-refractivity contribution < 1.29 is 4.79 Å². The van der Waals surface area contributed by atoms with Gasteiger partial charge in [-0.2, -0.15) is 4.98 Å². The van der Waals surface area contributed by atoms with Gasteiger partial charge in [0.2, 0.25) is 16.6 Å². The van der Waals surface area contributed by atoms with E-state index in [9.17, 15) is 4.79 Å². The van der Waals surface area contributed by atoms with Gasteiger partial charge in [-0.05, 0) is 12.2 Å². The molecule has 2 heterocycles. The minimum atomic E-state index is 0.0488. The van der Waals surface area contributed by atoms with Crippen LogP contribution in [0.15, 0.2) is 12.7 Å². The molecule has 1 aliphatic heterocycles. The number of nitrogens with zero attached hydrogens (tertiary/aromatic N) is 2. The Morgan fingerprint density at radius 2 is 2.43 bits per heavy atom. The molecule has 1 aliphatic rings. The van der Waals surface area contributed by atoms with Gasteiger partial charge in [-0.15, -0.1) is 6.58 Å². The van der Waals surface area contributed by atoms with E-state index >= 15 is 0 Å². The standard InChI is InChI=1S/C8H10N4OS/c1-2-5-3-6(13)12(4-5)7-9-8(14)11-10-7/h2,5H,1,3-4H2,(H2,9,10,11,14). The fraction of sp³-hybridized carbons (Fsp3) is 0.375. The minimum Gasteiger partial charge on any atom is -0.280 e. The van der Waals surface area contributed by atoms with Crippen molar-refractivity contribution in [1.29, 1.82) is 0 Å². The Balaban J connectivity index is 2.24. The van der Waals surface area contributed by atoms with Crippen LogP contribution in [0.3, 0.4) is 0 Å². The molecule has 1 amide bonds. The van der Waals surface area contributed by atoms with E-state index in [4.69, 9.17) is 12.2 Å². The Kier molecular flexibility index (Phi) is 2.20. The maximum atomic E-state index is 11.5. The van der Waals surface area contributed by atoms with Crippen molar-refractivity contribution in [1.82, 2.24) is 15.2 Å². The third kappa shape index (κ3) is 1.48. The average molecular weight is 210 g/mol. The van der Waals surface area contributed by atoms with Crippen LogP contribution in [0.1, 0.15) is 6.42 Å². The smallest absolute Gasteiger partial charge is 0.230 e. The zero-order valence-corrected chi connectivity index (χ0v) is 8.30. The van der Waals surface area contributed by atoms with E-state index in [1.807, 2.05) is 0 Å². The van der Waals surface area contributed by atoms with Gasteiger partial charge in [0.1, 0.15) is 0 Å². The molecular weight excluding hydrogens is 200 g/mol. The van der Waals surface area contributed by atoms with E-state index in [1.165, 1.54) is 0 Å². The minimum absolute atomic E-state index is 0.0488. The highest BCUT2D eigenvalue weighted by molar-refractivity contribution is 7.71. The summed E-state index contributed by atoms with van der Waals surface area (Å²) in [6.45, 7) is 4.30. The van der Waals surface area contributed by atoms with E-state index in [0.717, 1.165) is 0 Å². The van der Waals surface area contributed by atoms with Gasteiger partial charge >= 0.3 is 0 Å². The third-order valence-electron chi connectivity index (χ3n) is 2.23. The van der Waals surface area contributed by atoms with Crippen molar-refractivity contribution in [2.45, 2.75) is 6.42 Å². The molecule has 2 N–H and O–H groups in total. The zero-order valence-electron chi connectivity index (χ0n) is 7.49. The number of carbonyl (C=O) groups excluding carboxylic acids is 1. The molecular formula is C8H10N4OS. The molecule has 14 heavy (non-hydrogen) atoms. The van der Waals surface area contributed by atoms with Gasteiger partial charge in [0.05, 0.1) is 0 Å². The second kappa shape index (κ2) is 3.38. The fourth-order valence-electron chi connectivity index (χ4n) is 1.49. The lowest BCUT2D eigenvalue weighted by atomic mass is 10.1. The van der Waals surface area contributed by atoms with Gasteiger partial charge in [-0.1, -0.05) is 6.08 Å². The molecule has 6 heteroatoms. The van der Waals surface area contributed by atoms with E-state index in [2.05, 4.69) is 21.8 Å². The monoisotopic (exact) mass is 210 g/mol. The van der Waals surface area contributed by atoms with Crippen molar-refractivity contribution in [3.05, 3.63) is 17.4 Å². The number of H-pyrrole nitrogens is 2. The summed E-state index contributed by atoms with van der Waals surface area (Å²) in [6, 6.07) is 0. The predicted molar refractivity (Wildman–Crippen MR) is 54.4 cm³/mol. The summed E-state index contributed by atoms with van der Waals surface area (Å²) < 4.78 is 0.356. The maximum Gasteiger partial charge on any atom is 0.230 e. The Labute approximate surface area is 85.8 Å². The first-order valence-corrected chi connectivity index (χ1v) is 4.69. The second-order valence-electron chi connectivity index (χ2n) is 3.19. The Morgan fingerprint density at radius 1 is 1.64 bits per heavy atom. The molecule has 0 spiro atoms. The molecule has 5 nitrogen and oxygen atoms in total. The predicted octanol–water partition coefficient (Wildman–Crippen LogP) is 1.01. The number of aromatic amines is 2. The summed E-state index contributed by atoms with van der Waals surface area (Å²) in [4.78, 5) is 17.1. The van der Waals surface area contributed by atoms with Crippen molar-refractivity contribution in [2.24, 2.45) is 5.92 Å². The third-order valence-corrected chi connectivity index (χ3v) is 2.43. The van der Waals surface area contributed by atoms with Crippen LogP contribution in [0.25, 0.3) is 0 Å². The van der Waals surface area contributed by atoms with Gasteiger partial charge in [0, 0.05) is 18.9 Å². The Morgan fingerprint density at radius 3 is 2.93 bits per heavy atom. The molecule has 0 aromatic carbocycles. The number of carbonyl (C=O) groups is 1. The summed E-state index contributed by atoms with van der Waals surface area (Å²) in [5, 5.41) is 5.41. The molecule has 1 saturated heterocycles. The van der Waals surface area contributed by atoms with Crippen LogP contribution in [0, 0.1) is 10.7 Å². The lowest BCUT2D eigenvalue weighted by Gasteiger charge is -2.10. The lowest BCUT2D eigenvalue weighted by Crippen LogP contribution is -2.25. The van der Waals surface area contributed by atoms with Crippen LogP contribution >= 0.6 is 12.2 Å². The second-order valence-corrected chi connectivity index (χ2v) is 3.58. The number of nitrogens with one attached hydrogen (secondary N) is 2. The van der Waals surface area contributed by atoms with Crippen LogP contribution in [0.5, 0.6) is 0 Å². The first-order valence-electron chi connectivity index (χ1n) is 4.28. The maximum absolute atomic E-state index is 11.5. The van der Waals surface area contributed by atoms with Crippen LogP contribution in [0.4, 0.5) is 5.95 Å². The van der Waals surface area contributed by atoms with Crippen molar-refractivity contribution in [2.75, 3.05) is 11.4 Å². The number of aromatic nitrogens is 3. The fourth-order valence-corrected chi connectivity index (χ4v) is 1.62. The van der Waals surface area contributed by atoms with Crippen LogP contribution < -0.4 is 4.90 Å². The molecule has 2 rings (SSSR count). The molecule has 1 fully saturated rings. The SMILES string of the molecule is C=CC1CC(=O)N(c2nc(=S)[nH][nH]2)C1. The summed E-state index contributed by atoms with van der Waals surface area (Å²) in [5.41, 5.74) is 0. The van der Waals surface area contributed by atoms with Crippen LogP contribution in [-0.2, 0) is 4.79 Å². The highest BCUT2D eigenvalue weighted by Crippen LogP contribution is 2.21. The van der Waals surface area contributed by atoms with Gasteiger partial charge in [-0.3, -0.25) is 19.9 Å². The summed E-state index contributed by atoms with van der Waals surface area (Å²) in [7, 11) is 0. The molecule has 0 bridgehead atoms. The molecule has 0 saturated carbocycles. The van der Waals surface area contributed by atoms with Crippen molar-refractivity contribution in [3.63, 3.8) is 0 Å². The van der Waals surface area contributed by atoms with E-state index < -0.39 is 0 Å². The highest BCUT2D eigenvalue weighted by atomic mass is 32.1. The van der Waals surface area contributed by atoms with Gasteiger partial charge < -0.3 is 0 Å². The number of anilines is 1. The molecule has 0 radical (unpaired) electrons. The lowest BCUT2D eigenvalue weighted by molar-refractivity contribution is -0.117. The molecule has 1 aromatic rings. The quantitative estimate of drug-likeness (QED) is 0.565. The summed E-state index contributed by atoms with van der Waals surface area (Å²) in [6.07, 6.45) is 2.29. The van der Waals surface area contributed by atoms with Crippen molar-refractivity contribution >= 4 is 24.1 Å². The first-order chi connectivity index (χ1) is 6.70. The average Bonchev–Trinajstić information content (AvgIpc) is 2.71. The topological polar surface area (TPSA) is 64.8 Å². The van der Waals surface area contributed by atoms with Gasteiger partial charge in [0.15, 0.2) is 0 Å². The Bertz CT molecular complexity index is 421. The van der Waals surface area contributed by atoms with Crippen LogP contribution in [0.2, 0.25) is 0 Å². The molecule has 0 aliphatic carbocycles. The van der Waals surface area contributed by atoms with E-state index in [1.54, 1.807) is 11.0 Å². The number of hydrogen-bond acceptors (Lipinski definition) is 3. The number of hydrogen-bond donors (Lipinski definition) is 2. The molecule has 1 aromatic heterocycles. The highest BCUT2D eigenvalue weighted by Gasteiger charge is 2.30. The van der Waals surface area contributed by atoms with Gasteiger partial charge in [-0.25, -0.2) is 0 Å². The Hall–Kier alpha value is -1.43. The largest absolute Gasteiger partial charge is 0.280 e. The number of amides is 1. The van der Waals surface area contributed by atoms with E-state index in [0.29, 0.717) is 23.7 Å². The summed E-state index contributed by atoms with van der Waals surface area (Å²) >= 11 is 4.81. The molecule has 1 atom stereocenters. The van der Waals surface area contributed by atoms with Crippen LogP contribution in [-0.4, -0.2) is 27.6 Å². The van der Waals surface area contributed by atoms with Crippen molar-refractivity contribution in [3.8, 4) is 0 Å². The molecule has 74 valence electrons. The normalized spacial score (nSPS) is 21.6. The first kappa shape index (κ1) is 9.14.